The summed E-state index contributed by atoms with van der Waals surface area (Å²) in [5.74, 6) is 0.269. The first kappa shape index (κ1) is 12.6. The van der Waals surface area contributed by atoms with E-state index in [4.69, 9.17) is 26.8 Å². The van der Waals surface area contributed by atoms with Crippen LogP contribution < -0.4 is 10.5 Å². The Balaban J connectivity index is 1.90. The Hall–Kier alpha value is -0.840. The van der Waals surface area contributed by atoms with Crippen LogP contribution in [0.2, 0.25) is 5.02 Å². The molecular weight excluding hydrogens is 245 g/mol. The van der Waals surface area contributed by atoms with Crippen molar-refractivity contribution in [1.29, 1.82) is 0 Å². The molecule has 2 atom stereocenters. The second-order valence-corrected chi connectivity index (χ2v) is 4.58. The second-order valence-electron chi connectivity index (χ2n) is 4.17. The zero-order chi connectivity index (χ0) is 12.3. The molecule has 0 aliphatic carbocycles. The third kappa shape index (κ3) is 3.31. The lowest BCUT2D eigenvalue weighted by atomic mass is 10.0. The molecule has 5 heteroatoms. The molecule has 1 aliphatic heterocycles. The molecule has 0 bridgehead atoms. The summed E-state index contributed by atoms with van der Waals surface area (Å²) < 4.78 is 23.7. The SMILES string of the molecule is NC(COc1cc(F)ccc1Cl)C1CCOC1. The molecule has 0 radical (unpaired) electrons. The first-order valence-corrected chi connectivity index (χ1v) is 5.96. The Morgan fingerprint density at radius 2 is 2.41 bits per heavy atom. The molecule has 0 saturated carbocycles. The van der Waals surface area contributed by atoms with Crippen molar-refractivity contribution in [3.8, 4) is 5.75 Å². The maximum Gasteiger partial charge on any atom is 0.140 e. The number of benzene rings is 1. The highest BCUT2D eigenvalue weighted by atomic mass is 35.5. The highest BCUT2D eigenvalue weighted by Gasteiger charge is 2.23. The van der Waals surface area contributed by atoms with Crippen LogP contribution >= 0.6 is 11.6 Å². The molecule has 1 saturated heterocycles. The Kier molecular flexibility index (Phi) is 4.20. The lowest BCUT2D eigenvalue weighted by molar-refractivity contribution is 0.170. The van der Waals surface area contributed by atoms with Crippen molar-refractivity contribution in [3.63, 3.8) is 0 Å². The first-order chi connectivity index (χ1) is 8.16. The molecule has 0 aromatic heterocycles. The van der Waals surface area contributed by atoms with Crippen LogP contribution in [-0.2, 0) is 4.74 Å². The quantitative estimate of drug-likeness (QED) is 0.902. The number of halogens is 2. The minimum absolute atomic E-state index is 0.114. The molecule has 94 valence electrons. The van der Waals surface area contributed by atoms with E-state index in [0.717, 1.165) is 13.0 Å². The largest absolute Gasteiger partial charge is 0.490 e. The van der Waals surface area contributed by atoms with Gasteiger partial charge in [-0.3, -0.25) is 0 Å². The molecule has 2 N–H and O–H groups in total. The maximum absolute atomic E-state index is 13.0. The van der Waals surface area contributed by atoms with Gasteiger partial charge < -0.3 is 15.2 Å². The van der Waals surface area contributed by atoms with Gasteiger partial charge in [-0.2, -0.15) is 0 Å². The maximum atomic E-state index is 13.0. The predicted molar refractivity (Wildman–Crippen MR) is 63.8 cm³/mol. The van der Waals surface area contributed by atoms with E-state index in [1.165, 1.54) is 18.2 Å². The van der Waals surface area contributed by atoms with Crippen LogP contribution in [0.3, 0.4) is 0 Å². The molecule has 2 unspecified atom stereocenters. The minimum atomic E-state index is -0.373. The Morgan fingerprint density at radius 3 is 3.12 bits per heavy atom. The van der Waals surface area contributed by atoms with Gasteiger partial charge in [-0.15, -0.1) is 0 Å². The summed E-state index contributed by atoms with van der Waals surface area (Å²) in [6.45, 7) is 1.73. The van der Waals surface area contributed by atoms with Gasteiger partial charge in [0.1, 0.15) is 18.2 Å². The summed E-state index contributed by atoms with van der Waals surface area (Å²) >= 11 is 5.88. The highest BCUT2D eigenvalue weighted by Crippen LogP contribution is 2.25. The first-order valence-electron chi connectivity index (χ1n) is 5.58. The topological polar surface area (TPSA) is 44.5 Å². The Bertz CT molecular complexity index is 383. The predicted octanol–water partition coefficient (Wildman–Crippen LogP) is 2.22. The summed E-state index contributed by atoms with van der Waals surface area (Å²) in [5, 5.41) is 0.390. The standard InChI is InChI=1S/C12H15ClFNO2/c13-10-2-1-9(14)5-12(10)17-7-11(15)8-3-4-16-6-8/h1-2,5,8,11H,3-4,6-7,15H2. The molecule has 0 amide bonds. The van der Waals surface area contributed by atoms with E-state index in [1.54, 1.807) is 0 Å². The van der Waals surface area contributed by atoms with Gasteiger partial charge in [0.05, 0.1) is 11.6 Å². The van der Waals surface area contributed by atoms with Gasteiger partial charge in [-0.25, -0.2) is 4.39 Å². The van der Waals surface area contributed by atoms with E-state index < -0.39 is 0 Å². The van der Waals surface area contributed by atoms with Crippen molar-refractivity contribution in [1.82, 2.24) is 0 Å². The number of nitrogens with two attached hydrogens (primary N) is 1. The van der Waals surface area contributed by atoms with E-state index in [0.29, 0.717) is 29.9 Å². The van der Waals surface area contributed by atoms with Crippen LogP contribution in [-0.4, -0.2) is 25.9 Å². The van der Waals surface area contributed by atoms with E-state index in [-0.39, 0.29) is 11.9 Å². The van der Waals surface area contributed by atoms with E-state index in [1.807, 2.05) is 0 Å². The van der Waals surface area contributed by atoms with Crippen LogP contribution in [0.15, 0.2) is 18.2 Å². The van der Waals surface area contributed by atoms with Gasteiger partial charge in [0.15, 0.2) is 0 Å². The van der Waals surface area contributed by atoms with Gasteiger partial charge in [-0.1, -0.05) is 11.6 Å². The van der Waals surface area contributed by atoms with Crippen molar-refractivity contribution < 1.29 is 13.9 Å². The van der Waals surface area contributed by atoms with Crippen molar-refractivity contribution in [2.75, 3.05) is 19.8 Å². The number of hydrogen-bond donors (Lipinski definition) is 1. The third-order valence-electron chi connectivity index (χ3n) is 2.89. The molecule has 1 aromatic rings. The Morgan fingerprint density at radius 1 is 1.59 bits per heavy atom. The van der Waals surface area contributed by atoms with E-state index >= 15 is 0 Å². The second kappa shape index (κ2) is 5.67. The van der Waals surface area contributed by atoms with E-state index in [9.17, 15) is 4.39 Å². The van der Waals surface area contributed by atoms with Crippen molar-refractivity contribution in [3.05, 3.63) is 29.0 Å². The van der Waals surface area contributed by atoms with Crippen LogP contribution in [0.1, 0.15) is 6.42 Å². The van der Waals surface area contributed by atoms with Gasteiger partial charge in [0, 0.05) is 24.6 Å². The lowest BCUT2D eigenvalue weighted by Gasteiger charge is -2.18. The third-order valence-corrected chi connectivity index (χ3v) is 3.21. The van der Waals surface area contributed by atoms with Crippen molar-refractivity contribution in [2.24, 2.45) is 11.7 Å². The van der Waals surface area contributed by atoms with E-state index in [2.05, 4.69) is 0 Å². The molecule has 0 spiro atoms. The fraction of sp³-hybridized carbons (Fsp3) is 0.500. The van der Waals surface area contributed by atoms with Gasteiger partial charge >= 0.3 is 0 Å². The molecule has 1 fully saturated rings. The molecular formula is C12H15ClFNO2. The molecule has 1 aliphatic rings. The van der Waals surface area contributed by atoms with Crippen LogP contribution in [0, 0.1) is 11.7 Å². The summed E-state index contributed by atoms with van der Waals surface area (Å²) in [4.78, 5) is 0. The number of hydrogen-bond acceptors (Lipinski definition) is 3. The van der Waals surface area contributed by atoms with Crippen LogP contribution in [0.4, 0.5) is 4.39 Å². The number of rotatable bonds is 4. The highest BCUT2D eigenvalue weighted by molar-refractivity contribution is 6.32. The molecule has 2 rings (SSSR count). The zero-order valence-electron chi connectivity index (χ0n) is 9.36. The molecule has 1 aromatic carbocycles. The summed E-state index contributed by atoms with van der Waals surface area (Å²) in [6.07, 6.45) is 0.946. The van der Waals surface area contributed by atoms with Crippen molar-refractivity contribution >= 4 is 11.6 Å². The lowest BCUT2D eigenvalue weighted by Crippen LogP contribution is -2.36. The average Bonchev–Trinajstić information content (AvgIpc) is 2.83. The van der Waals surface area contributed by atoms with Gasteiger partial charge in [-0.05, 0) is 18.6 Å². The molecule has 3 nitrogen and oxygen atoms in total. The fourth-order valence-corrected chi connectivity index (χ4v) is 1.97. The summed E-state index contributed by atoms with van der Waals surface area (Å²) in [6, 6.07) is 3.91. The van der Waals surface area contributed by atoms with Crippen LogP contribution in [0.5, 0.6) is 5.75 Å². The number of ether oxygens (including phenoxy) is 2. The Labute approximate surface area is 105 Å². The normalized spacial score (nSPS) is 21.5. The summed E-state index contributed by atoms with van der Waals surface area (Å²) in [7, 11) is 0. The zero-order valence-corrected chi connectivity index (χ0v) is 10.1. The molecule has 1 heterocycles. The minimum Gasteiger partial charge on any atom is -0.490 e. The smallest absolute Gasteiger partial charge is 0.140 e. The van der Waals surface area contributed by atoms with Crippen molar-refractivity contribution in [2.45, 2.75) is 12.5 Å². The van der Waals surface area contributed by atoms with Gasteiger partial charge in [0.2, 0.25) is 0 Å². The molecule has 17 heavy (non-hydrogen) atoms. The monoisotopic (exact) mass is 259 g/mol. The fourth-order valence-electron chi connectivity index (χ4n) is 1.80. The summed E-state index contributed by atoms with van der Waals surface area (Å²) in [5.41, 5.74) is 5.97. The average molecular weight is 260 g/mol. The van der Waals surface area contributed by atoms with Crippen LogP contribution in [0.25, 0.3) is 0 Å². The van der Waals surface area contributed by atoms with Gasteiger partial charge in [0.25, 0.3) is 0 Å².